The lowest BCUT2D eigenvalue weighted by atomic mass is 10.4. The Bertz CT molecular complexity index is 607. The zero-order valence-electron chi connectivity index (χ0n) is 14.3. The number of rotatable bonds is 10. The van der Waals surface area contributed by atoms with Crippen LogP contribution in [0.4, 0.5) is 0 Å². The molecule has 1 aromatic rings. The van der Waals surface area contributed by atoms with Gasteiger partial charge in [-0.15, -0.1) is 11.8 Å². The van der Waals surface area contributed by atoms with Crippen LogP contribution in [0.25, 0.3) is 0 Å². The minimum absolute atomic E-state index is 0.446. The fourth-order valence-electron chi connectivity index (χ4n) is 1.45. The van der Waals surface area contributed by atoms with E-state index in [0.717, 1.165) is 35.8 Å². The van der Waals surface area contributed by atoms with Crippen molar-refractivity contribution in [1.29, 1.82) is 0 Å². The van der Waals surface area contributed by atoms with Gasteiger partial charge in [0.25, 0.3) is 6.20 Å². The number of furan rings is 1. The van der Waals surface area contributed by atoms with Crippen molar-refractivity contribution in [2.45, 2.75) is 12.3 Å². The van der Waals surface area contributed by atoms with Crippen LogP contribution < -0.4 is 10.6 Å². The summed E-state index contributed by atoms with van der Waals surface area (Å²) in [6, 6.07) is 3.95. The lowest BCUT2D eigenvalue weighted by Gasteiger charge is -2.05. The fraction of sp³-hybridized carbons (Fsp3) is 0.429. The average molecular weight is 407 g/mol. The van der Waals surface area contributed by atoms with Gasteiger partial charge in [-0.25, -0.2) is 9.59 Å². The second kappa shape index (κ2) is 14.0. The molecule has 0 aliphatic rings. The molecule has 0 aliphatic heterocycles. The predicted molar refractivity (Wildman–Crippen MR) is 99.5 cm³/mol. The number of carboxylic acid groups (broad SMARTS) is 2. The van der Waals surface area contributed by atoms with Crippen molar-refractivity contribution in [2.75, 3.05) is 25.6 Å². The van der Waals surface area contributed by atoms with Gasteiger partial charge in [-0.05, 0) is 25.4 Å². The molecule has 4 N–H and O–H groups in total. The third kappa shape index (κ3) is 12.2. The Hall–Kier alpha value is -2.18. The largest absolute Gasteiger partial charge is 0.473 e. The number of nitrogens with one attached hydrogen (secondary N) is 2. The molecule has 0 radical (unpaired) electrons. The molecular weight excluding hydrogens is 386 g/mol. The van der Waals surface area contributed by atoms with Crippen LogP contribution in [0, 0.1) is 10.1 Å². The Kier molecular flexibility index (Phi) is 12.9. The van der Waals surface area contributed by atoms with E-state index in [1.165, 1.54) is 11.8 Å². The Morgan fingerprint density at radius 2 is 1.92 bits per heavy atom. The van der Waals surface area contributed by atoms with Gasteiger partial charge in [-0.1, -0.05) is 0 Å². The molecule has 10 nitrogen and oxygen atoms in total. The third-order valence-corrected chi connectivity index (χ3v) is 4.15. The highest BCUT2D eigenvalue weighted by atomic mass is 32.2. The molecule has 0 aromatic carbocycles. The van der Waals surface area contributed by atoms with Crippen LogP contribution >= 0.6 is 23.5 Å². The number of nitro groups is 1. The summed E-state index contributed by atoms with van der Waals surface area (Å²) < 4.78 is 5.62. The molecule has 1 rings (SSSR count). The van der Waals surface area contributed by atoms with Crippen LogP contribution in [0.15, 0.2) is 27.8 Å². The summed E-state index contributed by atoms with van der Waals surface area (Å²) in [4.78, 5) is 28.1. The lowest BCUT2D eigenvalue weighted by molar-refractivity contribution is -0.403. The van der Waals surface area contributed by atoms with Crippen LogP contribution in [-0.2, 0) is 21.9 Å². The second-order valence-corrected chi connectivity index (χ2v) is 6.42. The van der Waals surface area contributed by atoms with Gasteiger partial charge in [0, 0.05) is 12.3 Å². The van der Waals surface area contributed by atoms with E-state index >= 15 is 0 Å². The van der Waals surface area contributed by atoms with Gasteiger partial charge < -0.3 is 25.3 Å². The molecule has 12 heteroatoms. The summed E-state index contributed by atoms with van der Waals surface area (Å²) in [6.45, 7) is 1.42. The highest BCUT2D eigenvalue weighted by Gasteiger charge is 2.04. The molecule has 0 atom stereocenters. The van der Waals surface area contributed by atoms with E-state index in [-0.39, 0.29) is 0 Å². The summed E-state index contributed by atoms with van der Waals surface area (Å²) in [5.74, 6) is -0.104. The van der Waals surface area contributed by atoms with E-state index in [0.29, 0.717) is 11.6 Å². The number of nitrogens with zero attached hydrogens (tertiary/aromatic N) is 1. The van der Waals surface area contributed by atoms with Crippen LogP contribution in [0.2, 0.25) is 0 Å². The molecule has 0 bridgehead atoms. The van der Waals surface area contributed by atoms with E-state index in [1.54, 1.807) is 11.8 Å². The van der Waals surface area contributed by atoms with Crippen LogP contribution in [0.5, 0.6) is 0 Å². The molecule has 26 heavy (non-hydrogen) atoms. The van der Waals surface area contributed by atoms with Gasteiger partial charge in [0.05, 0.1) is 17.2 Å². The first-order valence-corrected chi connectivity index (χ1v) is 9.57. The zero-order valence-corrected chi connectivity index (χ0v) is 15.9. The van der Waals surface area contributed by atoms with Crippen molar-refractivity contribution in [3.8, 4) is 0 Å². The van der Waals surface area contributed by atoms with E-state index in [9.17, 15) is 10.1 Å². The zero-order chi connectivity index (χ0) is 19.9. The Morgan fingerprint density at radius 3 is 2.42 bits per heavy atom. The SMILES string of the molecule is CNCc1ccc(CSCCNC(=C[N+](=O)[O-])SC)o1.O=C(O)C(=O)O. The number of thioether (sulfide) groups is 2. The minimum Gasteiger partial charge on any atom is -0.473 e. The molecule has 0 spiro atoms. The van der Waals surface area contributed by atoms with Gasteiger partial charge in [-0.3, -0.25) is 10.1 Å². The van der Waals surface area contributed by atoms with Crippen molar-refractivity contribution >= 4 is 35.5 Å². The Morgan fingerprint density at radius 1 is 1.31 bits per heavy atom. The Labute approximate surface area is 158 Å². The van der Waals surface area contributed by atoms with Crippen molar-refractivity contribution in [2.24, 2.45) is 0 Å². The topological polar surface area (TPSA) is 155 Å². The summed E-state index contributed by atoms with van der Waals surface area (Å²) in [6.07, 6.45) is 2.80. The summed E-state index contributed by atoms with van der Waals surface area (Å²) in [5.41, 5.74) is 0. The molecule has 1 aromatic heterocycles. The fourth-order valence-corrected chi connectivity index (χ4v) is 2.64. The first-order valence-electron chi connectivity index (χ1n) is 7.19. The van der Waals surface area contributed by atoms with Crippen molar-refractivity contribution in [3.05, 3.63) is 45.0 Å². The Balaban J connectivity index is 0.000000896. The molecule has 0 fully saturated rings. The molecule has 0 unspecified atom stereocenters. The molecule has 0 amide bonds. The first-order chi connectivity index (χ1) is 12.3. The lowest BCUT2D eigenvalue weighted by Crippen LogP contribution is -2.15. The highest BCUT2D eigenvalue weighted by Crippen LogP contribution is 2.15. The standard InChI is InChI=1S/C12H19N3O3S2.C2H2O4/c1-13-7-10-3-4-11(18-10)9-20-6-5-14-12(19-2)8-15(16)17;3-1(4)2(5)6/h3-4,8,13-14H,5-7,9H2,1-2H3;(H,3,4)(H,5,6). The van der Waals surface area contributed by atoms with Crippen molar-refractivity contribution < 1.29 is 29.1 Å². The van der Waals surface area contributed by atoms with Crippen molar-refractivity contribution in [1.82, 2.24) is 10.6 Å². The van der Waals surface area contributed by atoms with E-state index in [1.807, 2.05) is 25.4 Å². The maximum atomic E-state index is 10.4. The van der Waals surface area contributed by atoms with Gasteiger partial charge >= 0.3 is 11.9 Å². The van der Waals surface area contributed by atoms with Gasteiger partial charge in [0.1, 0.15) is 16.5 Å². The number of aliphatic carboxylic acids is 2. The maximum Gasteiger partial charge on any atom is 0.414 e. The van der Waals surface area contributed by atoms with Gasteiger partial charge in [-0.2, -0.15) is 11.8 Å². The van der Waals surface area contributed by atoms with Crippen LogP contribution in [0.1, 0.15) is 11.5 Å². The molecule has 146 valence electrons. The van der Waals surface area contributed by atoms with E-state index in [2.05, 4.69) is 10.6 Å². The minimum atomic E-state index is -1.82. The first kappa shape index (κ1) is 23.8. The average Bonchev–Trinajstić information content (AvgIpc) is 3.01. The quantitative estimate of drug-likeness (QED) is 0.192. The predicted octanol–water partition coefficient (Wildman–Crippen LogP) is 1.42. The monoisotopic (exact) mass is 407 g/mol. The molecular formula is C14H21N3O7S2. The number of carbonyl (C=O) groups is 2. The van der Waals surface area contributed by atoms with Gasteiger partial charge in [0.2, 0.25) is 0 Å². The normalized spacial score (nSPS) is 10.6. The smallest absolute Gasteiger partial charge is 0.414 e. The maximum absolute atomic E-state index is 10.4. The number of hydrogen-bond donors (Lipinski definition) is 4. The van der Waals surface area contributed by atoms with E-state index in [4.69, 9.17) is 24.2 Å². The molecule has 0 aliphatic carbocycles. The van der Waals surface area contributed by atoms with Gasteiger partial charge in [0.15, 0.2) is 0 Å². The molecule has 0 saturated carbocycles. The number of carboxylic acids is 2. The summed E-state index contributed by atoms with van der Waals surface area (Å²) in [5, 5.41) is 31.8. The highest BCUT2D eigenvalue weighted by molar-refractivity contribution is 8.02. The number of hydrogen-bond acceptors (Lipinski definition) is 9. The molecule has 1 heterocycles. The second-order valence-electron chi connectivity index (χ2n) is 4.47. The summed E-state index contributed by atoms with van der Waals surface area (Å²) >= 11 is 3.06. The van der Waals surface area contributed by atoms with E-state index < -0.39 is 16.9 Å². The van der Waals surface area contributed by atoms with Crippen molar-refractivity contribution in [3.63, 3.8) is 0 Å². The third-order valence-electron chi connectivity index (χ3n) is 2.48. The van der Waals surface area contributed by atoms with Crippen LogP contribution in [-0.4, -0.2) is 52.7 Å². The summed E-state index contributed by atoms with van der Waals surface area (Å²) in [7, 11) is 1.88. The molecule has 0 saturated heterocycles. The van der Waals surface area contributed by atoms with Crippen LogP contribution in [0.3, 0.4) is 0 Å².